The largest absolute Gasteiger partial charge is 0.382 e. The molecule has 0 unspecified atom stereocenters. The van der Waals surface area contributed by atoms with Gasteiger partial charge in [0.1, 0.15) is 0 Å². The van der Waals surface area contributed by atoms with E-state index < -0.39 is 0 Å². The van der Waals surface area contributed by atoms with Crippen molar-refractivity contribution in [2.45, 2.75) is 25.4 Å². The number of methoxy groups -OCH3 is 1. The summed E-state index contributed by atoms with van der Waals surface area (Å²) in [4.78, 5) is 22.2. The zero-order chi connectivity index (χ0) is 14.7. The van der Waals surface area contributed by atoms with Crippen LogP contribution in [0.5, 0.6) is 0 Å². The van der Waals surface area contributed by atoms with Crippen molar-refractivity contribution in [2.75, 3.05) is 33.4 Å². The van der Waals surface area contributed by atoms with Crippen molar-refractivity contribution in [1.29, 1.82) is 0 Å². The topological polar surface area (TPSA) is 64.5 Å². The molecule has 0 N–H and O–H groups in total. The second-order valence-corrected chi connectivity index (χ2v) is 5.96. The molecule has 3 rings (SSSR count). The third kappa shape index (κ3) is 3.06. The summed E-state index contributed by atoms with van der Waals surface area (Å²) < 4.78 is 11.0. The number of piperidine rings is 1. The normalized spacial score (nSPS) is 24.4. The van der Waals surface area contributed by atoms with Crippen LogP contribution in [0, 0.1) is 5.41 Å². The molecule has 2 fully saturated rings. The molecule has 3 heterocycles. The third-order valence-electron chi connectivity index (χ3n) is 4.51. The molecule has 1 aromatic heterocycles. The van der Waals surface area contributed by atoms with Crippen LogP contribution < -0.4 is 0 Å². The third-order valence-corrected chi connectivity index (χ3v) is 4.51. The summed E-state index contributed by atoms with van der Waals surface area (Å²) in [6.07, 6.45) is 6.40. The van der Waals surface area contributed by atoms with E-state index >= 15 is 0 Å². The first kappa shape index (κ1) is 14.4. The molecule has 2 aliphatic rings. The van der Waals surface area contributed by atoms with Gasteiger partial charge >= 0.3 is 0 Å². The average molecular weight is 291 g/mol. The van der Waals surface area contributed by atoms with E-state index in [1.807, 2.05) is 4.90 Å². The molecule has 6 heteroatoms. The lowest BCUT2D eigenvalue weighted by atomic mass is 9.76. The van der Waals surface area contributed by atoms with E-state index in [-0.39, 0.29) is 23.3 Å². The number of carbonyl (C=O) groups excluding carboxylic acids is 1. The lowest BCUT2D eigenvalue weighted by Crippen LogP contribution is -2.44. The van der Waals surface area contributed by atoms with Gasteiger partial charge in [0.2, 0.25) is 5.82 Å². The molecule has 1 spiro atoms. The van der Waals surface area contributed by atoms with Gasteiger partial charge in [-0.25, -0.2) is 9.97 Å². The van der Waals surface area contributed by atoms with Gasteiger partial charge in [-0.1, -0.05) is 0 Å². The standard InChI is InChI=1S/C15H21N3O3/c1-20-10-12-9-15(11-21-12)3-7-18(8-4-15)14(19)13-16-5-2-6-17-13/h2,5-6,12H,3-4,7-11H2,1H3/t12-/m0/s1. The first-order valence-electron chi connectivity index (χ1n) is 7.39. The van der Waals surface area contributed by atoms with Crippen LogP contribution in [-0.4, -0.2) is 60.3 Å². The highest BCUT2D eigenvalue weighted by molar-refractivity contribution is 5.90. The van der Waals surface area contributed by atoms with Crippen molar-refractivity contribution in [3.63, 3.8) is 0 Å². The lowest BCUT2D eigenvalue weighted by Gasteiger charge is -2.38. The van der Waals surface area contributed by atoms with Gasteiger partial charge in [-0.3, -0.25) is 4.79 Å². The molecule has 0 aromatic carbocycles. The Morgan fingerprint density at radius 2 is 2.14 bits per heavy atom. The van der Waals surface area contributed by atoms with Crippen LogP contribution in [0.3, 0.4) is 0 Å². The average Bonchev–Trinajstić information content (AvgIpc) is 2.91. The summed E-state index contributed by atoms with van der Waals surface area (Å²) in [5, 5.41) is 0. The van der Waals surface area contributed by atoms with Crippen molar-refractivity contribution in [1.82, 2.24) is 14.9 Å². The van der Waals surface area contributed by atoms with Crippen molar-refractivity contribution >= 4 is 5.91 Å². The van der Waals surface area contributed by atoms with Crippen molar-refractivity contribution in [2.24, 2.45) is 5.41 Å². The SMILES string of the molecule is COC[C@@H]1CC2(CCN(C(=O)c3ncccn3)CC2)CO1. The summed E-state index contributed by atoms with van der Waals surface area (Å²) >= 11 is 0. The molecule has 6 nitrogen and oxygen atoms in total. The highest BCUT2D eigenvalue weighted by Gasteiger charge is 2.43. The Balaban J connectivity index is 1.57. The minimum atomic E-state index is -0.0715. The van der Waals surface area contributed by atoms with Crippen molar-refractivity contribution in [3.8, 4) is 0 Å². The van der Waals surface area contributed by atoms with Gasteiger partial charge in [0.25, 0.3) is 5.91 Å². The fourth-order valence-corrected chi connectivity index (χ4v) is 3.27. The second-order valence-electron chi connectivity index (χ2n) is 5.96. The van der Waals surface area contributed by atoms with Crippen LogP contribution >= 0.6 is 0 Å². The van der Waals surface area contributed by atoms with Gasteiger partial charge in [0, 0.05) is 32.6 Å². The molecule has 0 aliphatic carbocycles. The highest BCUT2D eigenvalue weighted by atomic mass is 16.5. The molecule has 1 aromatic rings. The first-order valence-corrected chi connectivity index (χ1v) is 7.39. The van der Waals surface area contributed by atoms with E-state index in [2.05, 4.69) is 9.97 Å². The molecule has 0 bridgehead atoms. The Morgan fingerprint density at radius 1 is 1.43 bits per heavy atom. The minimum absolute atomic E-state index is 0.0715. The maximum Gasteiger partial charge on any atom is 0.291 e. The second kappa shape index (κ2) is 6.07. The van der Waals surface area contributed by atoms with Crippen LogP contribution in [0.1, 0.15) is 29.9 Å². The van der Waals surface area contributed by atoms with E-state index in [0.29, 0.717) is 6.61 Å². The summed E-state index contributed by atoms with van der Waals surface area (Å²) in [7, 11) is 1.70. The summed E-state index contributed by atoms with van der Waals surface area (Å²) in [5.74, 6) is 0.214. The maximum absolute atomic E-state index is 12.3. The monoisotopic (exact) mass is 291 g/mol. The number of likely N-dealkylation sites (tertiary alicyclic amines) is 1. The quantitative estimate of drug-likeness (QED) is 0.835. The van der Waals surface area contributed by atoms with E-state index in [1.54, 1.807) is 25.6 Å². The van der Waals surface area contributed by atoms with Gasteiger partial charge in [0.05, 0.1) is 19.3 Å². The predicted molar refractivity (Wildman–Crippen MR) is 75.8 cm³/mol. The van der Waals surface area contributed by atoms with Crippen LogP contribution in [0.2, 0.25) is 0 Å². The number of nitrogens with zero attached hydrogens (tertiary/aromatic N) is 3. The van der Waals surface area contributed by atoms with Gasteiger partial charge < -0.3 is 14.4 Å². The van der Waals surface area contributed by atoms with E-state index in [1.165, 1.54) is 0 Å². The zero-order valence-electron chi connectivity index (χ0n) is 12.3. The van der Waals surface area contributed by atoms with E-state index in [0.717, 1.165) is 39.0 Å². The fraction of sp³-hybridized carbons (Fsp3) is 0.667. The maximum atomic E-state index is 12.3. The number of carbonyl (C=O) groups is 1. The van der Waals surface area contributed by atoms with Crippen LogP contribution in [0.15, 0.2) is 18.5 Å². The summed E-state index contributed by atoms with van der Waals surface area (Å²) in [5.41, 5.74) is 0.220. The van der Waals surface area contributed by atoms with Crippen molar-refractivity contribution < 1.29 is 14.3 Å². The van der Waals surface area contributed by atoms with Crippen LogP contribution in [0.25, 0.3) is 0 Å². The minimum Gasteiger partial charge on any atom is -0.382 e. The van der Waals surface area contributed by atoms with E-state index in [9.17, 15) is 4.79 Å². The Morgan fingerprint density at radius 3 is 2.81 bits per heavy atom. The Hall–Kier alpha value is -1.53. The van der Waals surface area contributed by atoms with Gasteiger partial charge in [-0.2, -0.15) is 0 Å². The van der Waals surface area contributed by atoms with Gasteiger partial charge in [0.15, 0.2) is 0 Å². The molecule has 0 saturated carbocycles. The number of hydrogen-bond acceptors (Lipinski definition) is 5. The number of amides is 1. The first-order chi connectivity index (χ1) is 10.2. The summed E-state index contributed by atoms with van der Waals surface area (Å²) in [6, 6.07) is 1.72. The van der Waals surface area contributed by atoms with Gasteiger partial charge in [-0.05, 0) is 30.7 Å². The fourth-order valence-electron chi connectivity index (χ4n) is 3.27. The van der Waals surface area contributed by atoms with Crippen molar-refractivity contribution in [3.05, 3.63) is 24.3 Å². The molecular formula is C15H21N3O3. The molecule has 21 heavy (non-hydrogen) atoms. The predicted octanol–water partition coefficient (Wildman–Crippen LogP) is 1.13. The lowest BCUT2D eigenvalue weighted by molar-refractivity contribution is 0.0279. The van der Waals surface area contributed by atoms with Crippen LogP contribution in [-0.2, 0) is 9.47 Å². The van der Waals surface area contributed by atoms with Gasteiger partial charge in [-0.15, -0.1) is 0 Å². The van der Waals surface area contributed by atoms with Crippen LogP contribution in [0.4, 0.5) is 0 Å². The molecule has 1 amide bonds. The molecular weight excluding hydrogens is 270 g/mol. The number of ether oxygens (including phenoxy) is 2. The number of rotatable bonds is 3. The Bertz CT molecular complexity index is 486. The molecule has 0 radical (unpaired) electrons. The molecule has 2 aliphatic heterocycles. The molecule has 1 atom stereocenters. The number of aromatic nitrogens is 2. The number of hydrogen-bond donors (Lipinski definition) is 0. The zero-order valence-corrected chi connectivity index (χ0v) is 12.3. The molecule has 114 valence electrons. The Labute approximate surface area is 124 Å². The van der Waals surface area contributed by atoms with E-state index in [4.69, 9.17) is 9.47 Å². The smallest absolute Gasteiger partial charge is 0.291 e. The molecule has 2 saturated heterocycles. The highest BCUT2D eigenvalue weighted by Crippen LogP contribution is 2.42. The Kier molecular flexibility index (Phi) is 4.17. The summed E-state index contributed by atoms with van der Waals surface area (Å²) in [6.45, 7) is 2.94.